The molecule has 1 saturated heterocycles. The number of benzene rings is 3. The van der Waals surface area contributed by atoms with E-state index >= 15 is 0 Å². The molecule has 2 atom stereocenters. The predicted molar refractivity (Wildman–Crippen MR) is 165 cm³/mol. The number of aromatic nitrogens is 2. The first-order valence-electron chi connectivity index (χ1n) is 17.3. The summed E-state index contributed by atoms with van der Waals surface area (Å²) in [4.78, 5) is 18.5. The largest absolute Gasteiger partial charge is 0.492 e. The fraction of sp³-hybridized carbons (Fsp3) is 0.364. The lowest BCUT2D eigenvalue weighted by Crippen LogP contribution is -2.38. The zero-order valence-corrected chi connectivity index (χ0v) is 25.3. The van der Waals surface area contributed by atoms with Gasteiger partial charge >= 0.3 is 12.1 Å². The molecule has 48 heavy (non-hydrogen) atoms. The van der Waals surface area contributed by atoms with Gasteiger partial charge in [-0.2, -0.15) is 18.3 Å². The van der Waals surface area contributed by atoms with Crippen molar-refractivity contribution >= 4 is 29.0 Å². The molecule has 11 nitrogen and oxygen atoms in total. The Bertz CT molecular complexity index is 2130. The van der Waals surface area contributed by atoms with Gasteiger partial charge in [0.05, 0.1) is 62.9 Å². The van der Waals surface area contributed by atoms with Crippen LogP contribution in [0.5, 0.6) is 17.2 Å². The molecule has 0 amide bonds. The molecule has 0 unspecified atom stereocenters. The summed E-state index contributed by atoms with van der Waals surface area (Å²) in [5.74, 6) is -3.73. The molecule has 3 aliphatic rings. The van der Waals surface area contributed by atoms with Crippen molar-refractivity contribution in [1.82, 2.24) is 14.6 Å². The van der Waals surface area contributed by atoms with Gasteiger partial charge in [-0.25, -0.2) is 14.2 Å². The minimum atomic E-state index is -4.73. The number of imidazole rings is 1. The number of carboxylic acid groups (broad SMARTS) is 1. The van der Waals surface area contributed by atoms with E-state index < -0.39 is 42.7 Å². The smallest absolute Gasteiger partial charge is 0.416 e. The van der Waals surface area contributed by atoms with Crippen molar-refractivity contribution in [2.75, 3.05) is 31.2 Å². The molecule has 1 aromatic heterocycles. The second-order valence-electron chi connectivity index (χ2n) is 11.5. The van der Waals surface area contributed by atoms with Crippen LogP contribution in [-0.4, -0.2) is 64.3 Å². The van der Waals surface area contributed by atoms with Gasteiger partial charge in [-0.15, -0.1) is 0 Å². The van der Waals surface area contributed by atoms with Gasteiger partial charge in [-0.3, -0.25) is 5.01 Å². The maximum Gasteiger partial charge on any atom is 0.416 e. The summed E-state index contributed by atoms with van der Waals surface area (Å²) in [5.41, 5.74) is -0.790. The van der Waals surface area contributed by atoms with Crippen LogP contribution in [0.1, 0.15) is 54.4 Å². The average Bonchev–Trinajstić information content (AvgIpc) is 3.58. The number of nitrogens with zero attached hydrogens (tertiary/aromatic N) is 5. The number of fused-ring (bicyclic) bond motifs is 2. The van der Waals surface area contributed by atoms with E-state index in [1.54, 1.807) is 32.7 Å². The highest BCUT2D eigenvalue weighted by molar-refractivity contribution is 5.95. The van der Waals surface area contributed by atoms with Crippen molar-refractivity contribution in [3.05, 3.63) is 76.9 Å². The molecular weight excluding hydrogens is 638 g/mol. The summed E-state index contributed by atoms with van der Waals surface area (Å²) in [6.45, 7) is -3.37. The maximum absolute atomic E-state index is 15.0. The van der Waals surface area contributed by atoms with E-state index in [0.717, 1.165) is 24.6 Å². The van der Waals surface area contributed by atoms with E-state index in [9.17, 15) is 27.5 Å². The Hall–Kier alpha value is -5.05. The SMILES string of the molecule is [2H]C([2H])([2H])C([2H])([2H])Oc1cc(C(=O)O)cc2c1nc(CN1CCN(c3cccc4c3O[C@](C)(c3ccc(C(F)(F)F)cc3F)O4)C=N1)n2C[C@@H]1CCO1. The molecule has 0 radical (unpaired) electrons. The number of aromatic carboxylic acids is 1. The van der Waals surface area contributed by atoms with E-state index in [-0.39, 0.29) is 58.6 Å². The van der Waals surface area contributed by atoms with Crippen molar-refractivity contribution in [2.24, 2.45) is 5.10 Å². The van der Waals surface area contributed by atoms with Gasteiger partial charge in [-0.1, -0.05) is 6.07 Å². The zero-order chi connectivity index (χ0) is 38.1. The Morgan fingerprint density at radius 1 is 1.21 bits per heavy atom. The Labute approximate surface area is 278 Å². The summed E-state index contributed by atoms with van der Waals surface area (Å²) >= 11 is 0. The van der Waals surface area contributed by atoms with Crippen molar-refractivity contribution in [3.8, 4) is 17.2 Å². The number of hydrogen-bond acceptors (Lipinski definition) is 9. The minimum Gasteiger partial charge on any atom is -0.492 e. The van der Waals surface area contributed by atoms with Crippen LogP contribution >= 0.6 is 0 Å². The second kappa shape index (κ2) is 11.9. The molecular formula is C33H31F4N5O6. The van der Waals surface area contributed by atoms with E-state index in [1.807, 2.05) is 0 Å². The van der Waals surface area contributed by atoms with Crippen LogP contribution in [0, 0.1) is 5.82 Å². The van der Waals surface area contributed by atoms with Crippen LogP contribution in [0.4, 0.5) is 23.2 Å². The molecule has 1 N–H and O–H groups in total. The molecule has 0 spiro atoms. The summed E-state index contributed by atoms with van der Waals surface area (Å²) < 4.78 is 118. The molecule has 4 heterocycles. The number of carboxylic acids is 1. The summed E-state index contributed by atoms with van der Waals surface area (Å²) in [5, 5.41) is 16.1. The summed E-state index contributed by atoms with van der Waals surface area (Å²) in [6.07, 6.45) is -2.69. The lowest BCUT2D eigenvalue weighted by atomic mass is 10.0. The van der Waals surface area contributed by atoms with Crippen LogP contribution in [0.15, 0.2) is 53.6 Å². The first kappa shape index (κ1) is 26.0. The third-order valence-electron chi connectivity index (χ3n) is 8.42. The molecule has 1 fully saturated rings. The van der Waals surface area contributed by atoms with Crippen molar-refractivity contribution in [1.29, 1.82) is 0 Å². The van der Waals surface area contributed by atoms with Crippen molar-refractivity contribution < 1.29 is 53.3 Å². The number of carbonyl (C=O) groups is 1. The first-order chi connectivity index (χ1) is 24.8. The molecule has 4 aromatic rings. The first-order valence-corrected chi connectivity index (χ1v) is 14.8. The van der Waals surface area contributed by atoms with Crippen LogP contribution in [0.3, 0.4) is 0 Å². The third kappa shape index (κ3) is 5.71. The highest BCUT2D eigenvalue weighted by atomic mass is 19.4. The van der Waals surface area contributed by atoms with Crippen LogP contribution < -0.4 is 19.1 Å². The number of hydrogen-bond donors (Lipinski definition) is 1. The van der Waals surface area contributed by atoms with Crippen LogP contribution in [-0.2, 0) is 29.8 Å². The number of rotatable bonds is 9. The number of hydrazone groups is 1. The van der Waals surface area contributed by atoms with E-state index in [2.05, 4.69) is 10.1 Å². The molecule has 15 heteroatoms. The fourth-order valence-electron chi connectivity index (χ4n) is 5.90. The quantitative estimate of drug-likeness (QED) is 0.214. The predicted octanol–water partition coefficient (Wildman–Crippen LogP) is 5.99. The molecule has 252 valence electrons. The van der Waals surface area contributed by atoms with E-state index in [4.69, 9.17) is 25.8 Å². The van der Waals surface area contributed by atoms with Gasteiger partial charge in [0.25, 0.3) is 5.79 Å². The van der Waals surface area contributed by atoms with Gasteiger partial charge < -0.3 is 33.5 Å². The van der Waals surface area contributed by atoms with Gasteiger partial charge in [0, 0.05) is 24.2 Å². The van der Waals surface area contributed by atoms with Crippen molar-refractivity contribution in [2.45, 2.75) is 51.4 Å². The molecule has 0 aliphatic carbocycles. The third-order valence-corrected chi connectivity index (χ3v) is 8.42. The monoisotopic (exact) mass is 674 g/mol. The molecule has 0 bridgehead atoms. The van der Waals surface area contributed by atoms with Crippen LogP contribution in [0.25, 0.3) is 11.0 Å². The lowest BCUT2D eigenvalue weighted by Gasteiger charge is -2.31. The standard InChI is InChI=1S/C33H31F4N5O6/c1-3-45-27-14-19(31(43)44)13-25-29(27)39-28(42(25)16-21-9-12-46-21)17-41-11-10-40(18-38-41)24-5-4-6-26-30(24)48-32(2,47-26)22-8-7-20(15-23(22)34)33(35,36)37/h4-8,13-15,18,21H,3,9-12,16-17H2,1-2H3,(H,43,44)/t21-,32+/m0/s1/i1D3,3D2. The lowest BCUT2D eigenvalue weighted by molar-refractivity contribution is -0.138. The van der Waals surface area contributed by atoms with Gasteiger partial charge in [0.1, 0.15) is 29.2 Å². The number of ether oxygens (including phenoxy) is 4. The zero-order valence-electron chi connectivity index (χ0n) is 30.3. The van der Waals surface area contributed by atoms with Crippen LogP contribution in [0.2, 0.25) is 0 Å². The summed E-state index contributed by atoms with van der Waals surface area (Å²) in [6, 6.07) is 9.51. The Morgan fingerprint density at radius 2 is 2.04 bits per heavy atom. The molecule has 0 saturated carbocycles. The normalized spacial score (nSPS) is 22.4. The van der Waals surface area contributed by atoms with E-state index in [1.165, 1.54) is 19.3 Å². The maximum atomic E-state index is 15.0. The number of para-hydroxylation sites is 1. The highest BCUT2D eigenvalue weighted by Gasteiger charge is 2.44. The number of halogens is 4. The van der Waals surface area contributed by atoms with Crippen molar-refractivity contribution in [3.63, 3.8) is 0 Å². The Kier molecular flexibility index (Phi) is 6.43. The number of anilines is 1. The van der Waals surface area contributed by atoms with E-state index in [0.29, 0.717) is 37.3 Å². The molecule has 3 aromatic carbocycles. The number of alkyl halides is 3. The Morgan fingerprint density at radius 3 is 2.71 bits per heavy atom. The molecule has 3 aliphatic heterocycles. The topological polar surface area (TPSA) is 111 Å². The molecule has 7 rings (SSSR count). The minimum absolute atomic E-state index is 0.0598. The summed E-state index contributed by atoms with van der Waals surface area (Å²) in [7, 11) is 0. The van der Waals surface area contributed by atoms with Gasteiger partial charge in [0.2, 0.25) is 0 Å². The van der Waals surface area contributed by atoms with Gasteiger partial charge in [-0.05, 0) is 55.7 Å². The van der Waals surface area contributed by atoms with Gasteiger partial charge in [0.15, 0.2) is 11.5 Å². The highest BCUT2D eigenvalue weighted by Crippen LogP contribution is 2.50. The fourth-order valence-corrected chi connectivity index (χ4v) is 5.90. The average molecular weight is 675 g/mol. The second-order valence-corrected chi connectivity index (χ2v) is 11.5. The Balaban J connectivity index is 1.16.